The number of nitrogens with zero attached hydrogens (tertiary/aromatic N) is 3. The zero-order valence-electron chi connectivity index (χ0n) is 13.1. The van der Waals surface area contributed by atoms with E-state index in [0.717, 1.165) is 18.4 Å². The normalized spacial score (nSPS) is 17.3. The summed E-state index contributed by atoms with van der Waals surface area (Å²) < 4.78 is 1.42. The third-order valence-corrected chi connectivity index (χ3v) is 4.54. The highest BCUT2D eigenvalue weighted by atomic mass is 16.2. The summed E-state index contributed by atoms with van der Waals surface area (Å²) in [6.45, 7) is 0.662. The second kappa shape index (κ2) is 5.92. The molecule has 5 nitrogen and oxygen atoms in total. The van der Waals surface area contributed by atoms with Crippen LogP contribution in [0.15, 0.2) is 65.7 Å². The van der Waals surface area contributed by atoms with Gasteiger partial charge in [0.1, 0.15) is 11.2 Å². The Morgan fingerprint density at radius 1 is 1.08 bits per heavy atom. The summed E-state index contributed by atoms with van der Waals surface area (Å²) in [4.78, 5) is 31.7. The number of hydrogen-bond acceptors (Lipinski definition) is 3. The Morgan fingerprint density at radius 3 is 2.71 bits per heavy atom. The van der Waals surface area contributed by atoms with E-state index < -0.39 is 0 Å². The van der Waals surface area contributed by atoms with Gasteiger partial charge in [-0.1, -0.05) is 36.4 Å². The van der Waals surface area contributed by atoms with Crippen LogP contribution in [0.5, 0.6) is 0 Å². The van der Waals surface area contributed by atoms with Crippen molar-refractivity contribution in [3.63, 3.8) is 0 Å². The first-order chi connectivity index (χ1) is 11.8. The van der Waals surface area contributed by atoms with Gasteiger partial charge in [-0.2, -0.15) is 0 Å². The zero-order chi connectivity index (χ0) is 16.5. The third-order valence-electron chi connectivity index (χ3n) is 4.54. The van der Waals surface area contributed by atoms with Crippen molar-refractivity contribution in [2.45, 2.75) is 18.9 Å². The molecule has 1 atom stereocenters. The van der Waals surface area contributed by atoms with Crippen molar-refractivity contribution < 1.29 is 4.79 Å². The predicted molar refractivity (Wildman–Crippen MR) is 90.9 cm³/mol. The molecule has 0 aliphatic carbocycles. The van der Waals surface area contributed by atoms with Crippen LogP contribution in [0.25, 0.3) is 5.65 Å². The molecule has 2 aromatic heterocycles. The number of fused-ring (bicyclic) bond motifs is 1. The molecule has 1 fully saturated rings. The molecule has 0 bridgehead atoms. The van der Waals surface area contributed by atoms with E-state index in [0.29, 0.717) is 12.2 Å². The first-order valence-corrected chi connectivity index (χ1v) is 8.08. The maximum atomic E-state index is 13.0. The van der Waals surface area contributed by atoms with Gasteiger partial charge in [0.25, 0.3) is 11.5 Å². The summed E-state index contributed by atoms with van der Waals surface area (Å²) in [7, 11) is 0. The van der Waals surface area contributed by atoms with Gasteiger partial charge in [0, 0.05) is 18.9 Å². The molecule has 1 aromatic carbocycles. The van der Waals surface area contributed by atoms with Gasteiger partial charge in [0.05, 0.1) is 6.04 Å². The molecule has 1 aliphatic heterocycles. The molecular weight excluding hydrogens is 302 g/mol. The van der Waals surface area contributed by atoms with E-state index in [1.54, 1.807) is 23.2 Å². The standard InChI is InChI=1S/C19H17N3O2/c23-18(15-13-20-17-10-4-5-11-22(17)19(15)24)21-12-6-9-16(21)14-7-2-1-3-8-14/h1-5,7-8,10-11,13,16H,6,9,12H2/t16-/m0/s1. The minimum atomic E-state index is -0.315. The maximum absolute atomic E-state index is 13.0. The van der Waals surface area contributed by atoms with Gasteiger partial charge in [0.15, 0.2) is 0 Å². The summed E-state index contributed by atoms with van der Waals surface area (Å²) in [5.74, 6) is -0.239. The van der Waals surface area contributed by atoms with Gasteiger partial charge in [0.2, 0.25) is 0 Å². The van der Waals surface area contributed by atoms with E-state index in [1.165, 1.54) is 10.6 Å². The number of pyridine rings is 1. The largest absolute Gasteiger partial charge is 0.331 e. The molecule has 0 N–H and O–H groups in total. The number of benzene rings is 1. The second-order valence-electron chi connectivity index (χ2n) is 5.97. The number of aromatic nitrogens is 2. The van der Waals surface area contributed by atoms with E-state index in [-0.39, 0.29) is 23.1 Å². The maximum Gasteiger partial charge on any atom is 0.270 e. The van der Waals surface area contributed by atoms with E-state index >= 15 is 0 Å². The van der Waals surface area contributed by atoms with Gasteiger partial charge in [-0.25, -0.2) is 4.98 Å². The fraction of sp³-hybridized carbons (Fsp3) is 0.211. The van der Waals surface area contributed by atoms with Crippen LogP contribution in [0, 0.1) is 0 Å². The molecule has 120 valence electrons. The Labute approximate surface area is 139 Å². The fourth-order valence-corrected chi connectivity index (χ4v) is 3.36. The SMILES string of the molecule is O=C(c1cnc2ccccn2c1=O)N1CCC[C@H]1c1ccccc1. The lowest BCUT2D eigenvalue weighted by Crippen LogP contribution is -2.35. The van der Waals surface area contributed by atoms with E-state index in [9.17, 15) is 9.59 Å². The number of likely N-dealkylation sites (tertiary alicyclic amines) is 1. The lowest BCUT2D eigenvalue weighted by Gasteiger charge is -2.25. The van der Waals surface area contributed by atoms with E-state index in [4.69, 9.17) is 0 Å². The van der Waals surface area contributed by atoms with Gasteiger partial charge in [-0.15, -0.1) is 0 Å². The molecule has 3 heterocycles. The Bertz CT molecular complexity index is 949. The highest BCUT2D eigenvalue weighted by Gasteiger charge is 2.32. The van der Waals surface area contributed by atoms with Crippen molar-refractivity contribution in [2.24, 2.45) is 0 Å². The van der Waals surface area contributed by atoms with E-state index in [2.05, 4.69) is 4.98 Å². The Balaban J connectivity index is 1.73. The molecule has 1 amide bonds. The summed E-state index contributed by atoms with van der Waals surface area (Å²) >= 11 is 0. The molecule has 24 heavy (non-hydrogen) atoms. The molecule has 0 unspecified atom stereocenters. The molecule has 3 aromatic rings. The topological polar surface area (TPSA) is 54.7 Å². The Morgan fingerprint density at radius 2 is 1.88 bits per heavy atom. The highest BCUT2D eigenvalue weighted by molar-refractivity contribution is 5.94. The smallest absolute Gasteiger partial charge is 0.270 e. The highest BCUT2D eigenvalue weighted by Crippen LogP contribution is 2.32. The molecule has 0 saturated carbocycles. The molecule has 4 rings (SSSR count). The zero-order valence-corrected chi connectivity index (χ0v) is 13.1. The third kappa shape index (κ3) is 2.38. The summed E-state index contributed by atoms with van der Waals surface area (Å²) in [5.41, 5.74) is 1.46. The lowest BCUT2D eigenvalue weighted by molar-refractivity contribution is 0.0733. The summed E-state index contributed by atoms with van der Waals surface area (Å²) in [6, 6.07) is 15.3. The lowest BCUT2D eigenvalue weighted by atomic mass is 10.0. The summed E-state index contributed by atoms with van der Waals surface area (Å²) in [5, 5.41) is 0. The minimum absolute atomic E-state index is 0.0228. The molecule has 1 aliphatic rings. The molecule has 0 spiro atoms. The summed E-state index contributed by atoms with van der Waals surface area (Å²) in [6.07, 6.45) is 4.90. The number of amides is 1. The molecule has 0 radical (unpaired) electrons. The minimum Gasteiger partial charge on any atom is -0.331 e. The second-order valence-corrected chi connectivity index (χ2v) is 5.97. The predicted octanol–water partition coefficient (Wildman–Crippen LogP) is 2.67. The van der Waals surface area contributed by atoms with Gasteiger partial charge >= 0.3 is 0 Å². The van der Waals surface area contributed by atoms with Crippen molar-refractivity contribution in [1.82, 2.24) is 14.3 Å². The molecular formula is C19H17N3O2. The first kappa shape index (κ1) is 14.6. The number of rotatable bonds is 2. The number of hydrogen-bond donors (Lipinski definition) is 0. The monoisotopic (exact) mass is 319 g/mol. The van der Waals surface area contributed by atoms with Crippen LogP contribution >= 0.6 is 0 Å². The van der Waals surface area contributed by atoms with Gasteiger partial charge < -0.3 is 4.90 Å². The van der Waals surface area contributed by atoms with Crippen LogP contribution in [0.3, 0.4) is 0 Å². The van der Waals surface area contributed by atoms with Crippen LogP contribution in [0.1, 0.15) is 34.8 Å². The fourth-order valence-electron chi connectivity index (χ4n) is 3.36. The average molecular weight is 319 g/mol. The number of carbonyl (C=O) groups excluding carboxylic acids is 1. The van der Waals surface area contributed by atoms with Crippen LogP contribution < -0.4 is 5.56 Å². The van der Waals surface area contributed by atoms with Crippen LogP contribution in [0.2, 0.25) is 0 Å². The van der Waals surface area contributed by atoms with Gasteiger partial charge in [-0.3, -0.25) is 14.0 Å². The van der Waals surface area contributed by atoms with Crippen molar-refractivity contribution in [1.29, 1.82) is 0 Å². The Hall–Kier alpha value is -2.95. The number of carbonyl (C=O) groups is 1. The quantitative estimate of drug-likeness (QED) is 0.730. The van der Waals surface area contributed by atoms with Crippen LogP contribution in [0.4, 0.5) is 0 Å². The van der Waals surface area contributed by atoms with Crippen molar-refractivity contribution in [2.75, 3.05) is 6.54 Å². The van der Waals surface area contributed by atoms with Crippen LogP contribution in [-0.4, -0.2) is 26.7 Å². The van der Waals surface area contributed by atoms with E-state index in [1.807, 2.05) is 36.4 Å². The average Bonchev–Trinajstić information content (AvgIpc) is 3.12. The van der Waals surface area contributed by atoms with Gasteiger partial charge in [-0.05, 0) is 30.5 Å². The first-order valence-electron chi connectivity index (χ1n) is 8.08. The van der Waals surface area contributed by atoms with Crippen LogP contribution in [-0.2, 0) is 0 Å². The van der Waals surface area contributed by atoms with Crippen molar-refractivity contribution in [3.8, 4) is 0 Å². The molecule has 5 heteroatoms. The van der Waals surface area contributed by atoms with Crippen molar-refractivity contribution >= 4 is 11.6 Å². The Kier molecular flexibility index (Phi) is 3.61. The van der Waals surface area contributed by atoms with Crippen molar-refractivity contribution in [3.05, 3.63) is 82.4 Å². The molecule has 1 saturated heterocycles.